The molecule has 32 aromatic rings. The minimum atomic E-state index is 0.860. The van der Waals surface area contributed by atoms with Gasteiger partial charge in [0.15, 0.2) is 0 Å². The molecule has 0 radical (unpaired) electrons. The second-order valence-corrected chi connectivity index (χ2v) is 37.8. The van der Waals surface area contributed by atoms with Crippen molar-refractivity contribution in [2.75, 3.05) is 0 Å². The largest absolute Gasteiger partial charge is 0.456 e. The Balaban J connectivity index is 0.000000102. The van der Waals surface area contributed by atoms with E-state index in [2.05, 4.69) is 455 Å². The van der Waals surface area contributed by atoms with E-state index in [1.807, 2.05) is 74.0 Å². The van der Waals surface area contributed by atoms with E-state index in [9.17, 15) is 0 Å². The zero-order chi connectivity index (χ0) is 96.4. The third-order valence-electron chi connectivity index (χ3n) is 29.6. The highest BCUT2D eigenvalue weighted by atomic mass is 16.3. The number of pyridine rings is 5. The Morgan fingerprint density at radius 2 is 0.388 bits per heavy atom. The molecule has 14 aromatic heterocycles. The lowest BCUT2D eigenvalue weighted by Crippen LogP contribution is -1.94. The van der Waals surface area contributed by atoms with Crippen LogP contribution in [0.25, 0.3) is 292 Å². The number of rotatable bonds is 11. The monoisotopic (exact) mass is 1880 g/mol. The van der Waals surface area contributed by atoms with Gasteiger partial charge >= 0.3 is 0 Å². The fourth-order valence-electron chi connectivity index (χ4n) is 22.9. The molecule has 0 atom stereocenters. The summed E-state index contributed by atoms with van der Waals surface area (Å²) in [7, 11) is 0. The lowest BCUT2D eigenvalue weighted by atomic mass is 9.95. The molecular formula is C133H80N10O4. The Hall–Kier alpha value is -20.1. The average molecular weight is 1880 g/mol. The van der Waals surface area contributed by atoms with E-state index in [-0.39, 0.29) is 0 Å². The van der Waals surface area contributed by atoms with Gasteiger partial charge in [-0.15, -0.1) is 0 Å². The van der Waals surface area contributed by atoms with Crippen molar-refractivity contribution in [1.29, 1.82) is 0 Å². The maximum Gasteiger partial charge on any atom is 0.145 e. The van der Waals surface area contributed by atoms with Gasteiger partial charge in [0.05, 0.1) is 62.0 Å². The summed E-state index contributed by atoms with van der Waals surface area (Å²) in [4.78, 5) is 22.5. The van der Waals surface area contributed by atoms with Crippen LogP contribution in [0.2, 0.25) is 0 Å². The topological polar surface area (TPSA) is 142 Å². The molecule has 14 heterocycles. The van der Waals surface area contributed by atoms with E-state index >= 15 is 0 Å². The zero-order valence-corrected chi connectivity index (χ0v) is 78.8. The quantitative estimate of drug-likeness (QED) is 0.124. The van der Waals surface area contributed by atoms with Crippen molar-refractivity contribution < 1.29 is 17.7 Å². The minimum absolute atomic E-state index is 0.860. The molecule has 0 fully saturated rings. The Morgan fingerprint density at radius 1 is 0.136 bits per heavy atom. The van der Waals surface area contributed by atoms with Gasteiger partial charge in [0.25, 0.3) is 0 Å². The number of benzene rings is 18. The molecular weight excluding hydrogens is 1800 g/mol. The fourth-order valence-corrected chi connectivity index (χ4v) is 22.9. The van der Waals surface area contributed by atoms with Gasteiger partial charge in [-0.3, -0.25) is 24.5 Å². The Kier molecular flexibility index (Phi) is 18.7. The molecule has 686 valence electrons. The molecule has 0 aliphatic heterocycles. The lowest BCUT2D eigenvalue weighted by Gasteiger charge is -2.11. The summed E-state index contributed by atoms with van der Waals surface area (Å²) in [5, 5.41) is 20.6. The van der Waals surface area contributed by atoms with Crippen molar-refractivity contribution in [2.24, 2.45) is 0 Å². The summed E-state index contributed by atoms with van der Waals surface area (Å²) in [6.07, 6.45) is 16.9. The van der Waals surface area contributed by atoms with Crippen molar-refractivity contribution in [3.8, 4) is 95.2 Å². The molecule has 0 amide bonds. The van der Waals surface area contributed by atoms with Gasteiger partial charge in [0.2, 0.25) is 0 Å². The summed E-state index contributed by atoms with van der Waals surface area (Å²) < 4.78 is 36.6. The Labute approximate surface area is 838 Å². The number of aromatic nitrogens is 10. The van der Waals surface area contributed by atoms with Gasteiger partial charge in [-0.1, -0.05) is 212 Å². The van der Waals surface area contributed by atoms with Crippen LogP contribution in [0.3, 0.4) is 0 Å². The molecule has 18 aromatic carbocycles. The standard InChI is InChI=1S/C47H28N2O2.C46H28N4O.C40H24N4O/c1-3-15-42-36(12-1)38-14-7-23-48-47(38)49(42)35-19-22-46-41(28-35)40-27-34(18-21-45(40)51-46)32-11-6-9-30(25-32)29-8-5-10-31(24-29)33-17-20-44-39(26-33)37-13-2-4-16-43(37)50-44;1-3-13-41-35(11-1)36-12-2-4-14-42(36)49(41)33-10-6-9-31(24-33)29-7-5-8-30(23-29)32-15-17-45-39(25-32)40-26-34(16-18-46(40)51-45)50-43-27-47-21-19-37(43)38-20-22-48-28-44(38)50;1-3-10-35-29(8-1)30-9-2-4-11-36(30)43(35)27-7-5-6-25(20-27)26-12-14-39-31(21-26)32-22-28(13-15-40(32)45-39)44-37-16-18-41-23-33(37)34-24-42-19-17-38(34)44/h2*1-28H;1-24H. The molecule has 0 unspecified atom stereocenters. The number of fused-ring (bicyclic) bond motifs is 27. The van der Waals surface area contributed by atoms with Gasteiger partial charge < -0.3 is 35.9 Å². The molecule has 0 aliphatic carbocycles. The minimum Gasteiger partial charge on any atom is -0.456 e. The first-order chi connectivity index (χ1) is 72.8. The van der Waals surface area contributed by atoms with Gasteiger partial charge in [-0.25, -0.2) is 4.98 Å². The van der Waals surface area contributed by atoms with Crippen LogP contribution >= 0.6 is 0 Å². The predicted molar refractivity (Wildman–Crippen MR) is 602 cm³/mol. The molecule has 0 bridgehead atoms. The van der Waals surface area contributed by atoms with Gasteiger partial charge in [-0.05, 0) is 285 Å². The first kappa shape index (κ1) is 82.8. The molecule has 0 aliphatic rings. The summed E-state index contributed by atoms with van der Waals surface area (Å²) in [6, 6.07) is 153. The van der Waals surface area contributed by atoms with Crippen LogP contribution in [0, 0.1) is 0 Å². The van der Waals surface area contributed by atoms with Crippen molar-refractivity contribution >= 4 is 197 Å². The maximum absolute atomic E-state index is 6.36. The molecule has 32 rings (SSSR count). The first-order valence-corrected chi connectivity index (χ1v) is 49.4. The summed E-state index contributed by atoms with van der Waals surface area (Å²) >= 11 is 0. The molecule has 0 spiro atoms. The summed E-state index contributed by atoms with van der Waals surface area (Å²) in [5.74, 6) is 0. The number of hydrogen-bond donors (Lipinski definition) is 0. The molecule has 147 heavy (non-hydrogen) atoms. The second kappa shape index (κ2) is 33.3. The number of hydrogen-bond acceptors (Lipinski definition) is 9. The first-order valence-electron chi connectivity index (χ1n) is 49.4. The van der Waals surface area contributed by atoms with E-state index < -0.39 is 0 Å². The van der Waals surface area contributed by atoms with Crippen LogP contribution in [-0.2, 0) is 0 Å². The van der Waals surface area contributed by atoms with Crippen LogP contribution in [0.5, 0.6) is 0 Å². The Morgan fingerprint density at radius 3 is 0.776 bits per heavy atom. The van der Waals surface area contributed by atoms with Gasteiger partial charge in [0, 0.05) is 169 Å². The highest BCUT2D eigenvalue weighted by Crippen LogP contribution is 2.46. The average Bonchev–Trinajstić information content (AvgIpc) is 1.59. The van der Waals surface area contributed by atoms with E-state index in [0.717, 1.165) is 210 Å². The molecule has 14 heteroatoms. The van der Waals surface area contributed by atoms with Gasteiger partial charge in [0.1, 0.15) is 50.3 Å². The number of nitrogens with zero attached hydrogens (tertiary/aromatic N) is 10. The van der Waals surface area contributed by atoms with Crippen LogP contribution < -0.4 is 0 Å². The zero-order valence-electron chi connectivity index (χ0n) is 78.8. The van der Waals surface area contributed by atoms with Crippen LogP contribution in [0.1, 0.15) is 0 Å². The third-order valence-corrected chi connectivity index (χ3v) is 29.6. The van der Waals surface area contributed by atoms with Crippen LogP contribution in [-0.4, -0.2) is 47.8 Å². The van der Waals surface area contributed by atoms with Crippen molar-refractivity contribution in [2.45, 2.75) is 0 Å². The van der Waals surface area contributed by atoms with Crippen molar-refractivity contribution in [3.05, 3.63) is 486 Å². The van der Waals surface area contributed by atoms with Gasteiger partial charge in [-0.2, -0.15) is 0 Å². The highest BCUT2D eigenvalue weighted by molar-refractivity contribution is 6.17. The molecule has 14 nitrogen and oxygen atoms in total. The number of para-hydroxylation sites is 6. The van der Waals surface area contributed by atoms with Crippen LogP contribution in [0.15, 0.2) is 504 Å². The smallest absolute Gasteiger partial charge is 0.145 e. The maximum atomic E-state index is 6.36. The fraction of sp³-hybridized carbons (Fsp3) is 0. The predicted octanol–water partition coefficient (Wildman–Crippen LogP) is 35.1. The normalized spacial score (nSPS) is 11.9. The van der Waals surface area contributed by atoms with E-state index in [0.29, 0.717) is 0 Å². The summed E-state index contributed by atoms with van der Waals surface area (Å²) in [5.41, 5.74) is 37.6. The van der Waals surface area contributed by atoms with E-state index in [1.165, 1.54) is 82.4 Å². The SMILES string of the molecule is c1cc(-c2ccc3oc4ccc(-n5c6ccncc6c6cnccc65)cc4c3c2)cc(-n2c3ccccc3c3ccccc32)c1.c1cc(-c2cccc(-c3ccc4oc5ccc(-n6c7ccccc7c7cccnc76)cc5c4c3)c2)cc(-c2ccc3oc4ccccc4c3c2)c1.c1cc(-c2cccc(-n3c4ccccc4c4ccccc43)c2)cc(-c2ccc3oc4ccc(-n5c6cnccc6c6ccncc65)cc4c3c2)c1. The lowest BCUT2D eigenvalue weighted by molar-refractivity contribution is 0.668. The summed E-state index contributed by atoms with van der Waals surface area (Å²) in [6.45, 7) is 0. The van der Waals surface area contributed by atoms with Crippen molar-refractivity contribution in [3.63, 3.8) is 0 Å². The van der Waals surface area contributed by atoms with E-state index in [4.69, 9.17) is 22.7 Å². The Bertz CT molecular complexity index is 10800. The highest BCUT2D eigenvalue weighted by Gasteiger charge is 2.24. The molecule has 0 saturated heterocycles. The molecule has 0 saturated carbocycles. The van der Waals surface area contributed by atoms with Crippen molar-refractivity contribution in [1.82, 2.24) is 47.8 Å². The third kappa shape index (κ3) is 13.5. The number of furan rings is 4. The van der Waals surface area contributed by atoms with Crippen LogP contribution in [0.4, 0.5) is 0 Å². The second-order valence-electron chi connectivity index (χ2n) is 37.8. The molecule has 0 N–H and O–H groups in total. The van der Waals surface area contributed by atoms with E-state index in [1.54, 1.807) is 0 Å².